The average Bonchev–Trinajstić information content (AvgIpc) is 2.18. The molecule has 0 atom stereocenters. The molecule has 84 valence electrons. The third-order valence-electron chi connectivity index (χ3n) is 2.27. The van der Waals surface area contributed by atoms with Gasteiger partial charge in [-0.2, -0.15) is 0 Å². The Morgan fingerprint density at radius 3 is 2.47 bits per heavy atom. The van der Waals surface area contributed by atoms with Crippen molar-refractivity contribution in [3.63, 3.8) is 0 Å². The SMILES string of the molecule is CCCCOc1ccc(C(C)(C)C)nc1. The van der Waals surface area contributed by atoms with Gasteiger partial charge in [0.2, 0.25) is 0 Å². The second-order valence-corrected chi connectivity index (χ2v) is 4.83. The molecule has 0 aliphatic carbocycles. The number of aromatic nitrogens is 1. The third-order valence-corrected chi connectivity index (χ3v) is 2.27. The summed E-state index contributed by atoms with van der Waals surface area (Å²) in [6.07, 6.45) is 4.07. The monoisotopic (exact) mass is 207 g/mol. The first-order valence-corrected chi connectivity index (χ1v) is 5.63. The smallest absolute Gasteiger partial charge is 0.137 e. The summed E-state index contributed by atoms with van der Waals surface area (Å²) in [6, 6.07) is 4.05. The van der Waals surface area contributed by atoms with Crippen LogP contribution >= 0.6 is 0 Å². The topological polar surface area (TPSA) is 22.1 Å². The van der Waals surface area contributed by atoms with Crippen LogP contribution in [0.25, 0.3) is 0 Å². The maximum atomic E-state index is 5.55. The van der Waals surface area contributed by atoms with Crippen molar-refractivity contribution in [2.75, 3.05) is 6.61 Å². The minimum atomic E-state index is 0.113. The van der Waals surface area contributed by atoms with E-state index >= 15 is 0 Å². The highest BCUT2D eigenvalue weighted by Gasteiger charge is 2.14. The van der Waals surface area contributed by atoms with E-state index in [0.29, 0.717) is 0 Å². The van der Waals surface area contributed by atoms with E-state index in [1.807, 2.05) is 18.3 Å². The van der Waals surface area contributed by atoms with Crippen molar-refractivity contribution in [2.45, 2.75) is 46.0 Å². The predicted molar refractivity (Wildman–Crippen MR) is 63.3 cm³/mol. The average molecular weight is 207 g/mol. The fraction of sp³-hybridized carbons (Fsp3) is 0.615. The molecule has 2 heteroatoms. The van der Waals surface area contributed by atoms with E-state index in [9.17, 15) is 0 Å². The highest BCUT2D eigenvalue weighted by atomic mass is 16.5. The lowest BCUT2D eigenvalue weighted by Crippen LogP contribution is -2.13. The van der Waals surface area contributed by atoms with Gasteiger partial charge in [0.05, 0.1) is 12.8 Å². The molecule has 0 aromatic carbocycles. The molecule has 1 aromatic rings. The molecule has 0 N–H and O–H groups in total. The van der Waals surface area contributed by atoms with Crippen LogP contribution < -0.4 is 4.74 Å². The molecule has 0 amide bonds. The fourth-order valence-corrected chi connectivity index (χ4v) is 1.24. The van der Waals surface area contributed by atoms with Gasteiger partial charge in [0.15, 0.2) is 0 Å². The van der Waals surface area contributed by atoms with Crippen molar-refractivity contribution >= 4 is 0 Å². The summed E-state index contributed by atoms with van der Waals surface area (Å²) in [5.74, 6) is 0.872. The molecule has 1 rings (SSSR count). The molecule has 0 saturated heterocycles. The van der Waals surface area contributed by atoms with E-state index in [1.165, 1.54) is 0 Å². The Balaban J connectivity index is 2.57. The van der Waals surface area contributed by atoms with Crippen molar-refractivity contribution in [2.24, 2.45) is 0 Å². The number of rotatable bonds is 4. The molecule has 0 spiro atoms. The molecule has 1 aromatic heterocycles. The first-order valence-electron chi connectivity index (χ1n) is 5.63. The molecule has 0 unspecified atom stereocenters. The Morgan fingerprint density at radius 1 is 1.27 bits per heavy atom. The minimum absolute atomic E-state index is 0.113. The fourth-order valence-electron chi connectivity index (χ4n) is 1.24. The van der Waals surface area contributed by atoms with Crippen LogP contribution in [0.15, 0.2) is 18.3 Å². The maximum absolute atomic E-state index is 5.55. The van der Waals surface area contributed by atoms with Gasteiger partial charge in [0.25, 0.3) is 0 Å². The van der Waals surface area contributed by atoms with Crippen LogP contribution in [0.1, 0.15) is 46.2 Å². The molecule has 0 radical (unpaired) electrons. The summed E-state index contributed by atoms with van der Waals surface area (Å²) in [4.78, 5) is 4.40. The van der Waals surface area contributed by atoms with Gasteiger partial charge in [-0.1, -0.05) is 34.1 Å². The van der Waals surface area contributed by atoms with Crippen LogP contribution in [0.5, 0.6) is 5.75 Å². The van der Waals surface area contributed by atoms with Crippen LogP contribution in [-0.4, -0.2) is 11.6 Å². The Bertz CT molecular complexity index is 284. The van der Waals surface area contributed by atoms with E-state index in [-0.39, 0.29) is 5.41 Å². The molecular formula is C13H21NO. The zero-order valence-electron chi connectivity index (χ0n) is 10.2. The Hall–Kier alpha value is -1.05. The van der Waals surface area contributed by atoms with Crippen LogP contribution in [0, 0.1) is 0 Å². The van der Waals surface area contributed by atoms with Crippen molar-refractivity contribution < 1.29 is 4.74 Å². The first-order chi connectivity index (χ1) is 7.04. The molecule has 1 heterocycles. The predicted octanol–water partition coefficient (Wildman–Crippen LogP) is 3.56. The first kappa shape index (κ1) is 12.0. The van der Waals surface area contributed by atoms with Gasteiger partial charge >= 0.3 is 0 Å². The number of pyridine rings is 1. The van der Waals surface area contributed by atoms with Crippen LogP contribution in [0.4, 0.5) is 0 Å². The lowest BCUT2D eigenvalue weighted by atomic mass is 9.92. The zero-order valence-corrected chi connectivity index (χ0v) is 10.2. The van der Waals surface area contributed by atoms with Gasteiger partial charge in [-0.15, -0.1) is 0 Å². The number of hydrogen-bond donors (Lipinski definition) is 0. The normalized spacial score (nSPS) is 11.5. The Morgan fingerprint density at radius 2 is 2.00 bits per heavy atom. The van der Waals surface area contributed by atoms with Gasteiger partial charge < -0.3 is 4.74 Å². The van der Waals surface area contributed by atoms with Gasteiger partial charge in [-0.25, -0.2) is 0 Å². The van der Waals surface area contributed by atoms with E-state index in [0.717, 1.165) is 30.9 Å². The van der Waals surface area contributed by atoms with Gasteiger partial charge in [-0.05, 0) is 18.6 Å². The van der Waals surface area contributed by atoms with Crippen molar-refractivity contribution in [3.8, 4) is 5.75 Å². The number of hydrogen-bond acceptors (Lipinski definition) is 2. The summed E-state index contributed by atoms with van der Waals surface area (Å²) in [7, 11) is 0. The van der Waals surface area contributed by atoms with E-state index < -0.39 is 0 Å². The molecule has 15 heavy (non-hydrogen) atoms. The number of ether oxygens (including phenoxy) is 1. The second-order valence-electron chi connectivity index (χ2n) is 4.83. The van der Waals surface area contributed by atoms with Crippen molar-refractivity contribution in [1.82, 2.24) is 4.98 Å². The van der Waals surface area contributed by atoms with Gasteiger partial charge in [-0.3, -0.25) is 4.98 Å². The van der Waals surface area contributed by atoms with E-state index in [1.54, 1.807) is 0 Å². The van der Waals surface area contributed by atoms with Gasteiger partial charge in [0.1, 0.15) is 5.75 Å². The van der Waals surface area contributed by atoms with E-state index in [2.05, 4.69) is 32.7 Å². The van der Waals surface area contributed by atoms with Crippen LogP contribution in [0.3, 0.4) is 0 Å². The highest BCUT2D eigenvalue weighted by molar-refractivity contribution is 5.23. The second kappa shape index (κ2) is 5.15. The lowest BCUT2D eigenvalue weighted by molar-refractivity contribution is 0.307. The highest BCUT2D eigenvalue weighted by Crippen LogP contribution is 2.21. The molecule has 0 fully saturated rings. The third kappa shape index (κ3) is 3.90. The summed E-state index contributed by atoms with van der Waals surface area (Å²) in [5.41, 5.74) is 1.22. The standard InChI is InChI=1S/C13H21NO/c1-5-6-9-15-11-7-8-12(14-10-11)13(2,3)4/h7-8,10H,5-6,9H2,1-4H3. The van der Waals surface area contributed by atoms with E-state index in [4.69, 9.17) is 4.74 Å². The summed E-state index contributed by atoms with van der Waals surface area (Å²) < 4.78 is 5.55. The van der Waals surface area contributed by atoms with Crippen molar-refractivity contribution in [3.05, 3.63) is 24.0 Å². The minimum Gasteiger partial charge on any atom is -0.492 e. The van der Waals surface area contributed by atoms with Crippen LogP contribution in [0.2, 0.25) is 0 Å². The molecule has 2 nitrogen and oxygen atoms in total. The number of unbranched alkanes of at least 4 members (excludes halogenated alkanes) is 1. The van der Waals surface area contributed by atoms with Crippen molar-refractivity contribution in [1.29, 1.82) is 0 Å². The molecule has 0 aliphatic heterocycles. The van der Waals surface area contributed by atoms with Gasteiger partial charge in [0, 0.05) is 11.1 Å². The Labute approximate surface area is 92.7 Å². The number of nitrogens with zero attached hydrogens (tertiary/aromatic N) is 1. The largest absolute Gasteiger partial charge is 0.492 e. The Kier molecular flexibility index (Phi) is 4.13. The molecule has 0 saturated carbocycles. The molecule has 0 aliphatic rings. The summed E-state index contributed by atoms with van der Waals surface area (Å²) >= 11 is 0. The molecular weight excluding hydrogens is 186 g/mol. The summed E-state index contributed by atoms with van der Waals surface area (Å²) in [5, 5.41) is 0. The van der Waals surface area contributed by atoms with Crippen LogP contribution in [-0.2, 0) is 5.41 Å². The maximum Gasteiger partial charge on any atom is 0.137 e. The lowest BCUT2D eigenvalue weighted by Gasteiger charge is -2.17. The summed E-state index contributed by atoms with van der Waals surface area (Å²) in [6.45, 7) is 9.42. The zero-order chi connectivity index (χ0) is 11.3. The molecule has 0 bridgehead atoms. The quantitative estimate of drug-likeness (QED) is 0.704.